The Kier molecular flexibility index (Phi) is 15.8. The first kappa shape index (κ1) is 23.6. The first-order chi connectivity index (χ1) is 6.73. The van der Waals surface area contributed by atoms with Gasteiger partial charge in [-0.3, -0.25) is 0 Å². The van der Waals surface area contributed by atoms with E-state index in [0.29, 0.717) is 0 Å². The summed E-state index contributed by atoms with van der Waals surface area (Å²) in [7, 11) is -3.13. The van der Waals surface area contributed by atoms with Crippen LogP contribution in [0.15, 0.2) is 29.2 Å². The number of rotatable bonds is 1. The average Bonchev–Trinajstić information content (AvgIpc) is 2.01. The number of sulfone groups is 1. The van der Waals surface area contributed by atoms with E-state index in [9.17, 15) is 8.42 Å². The quantitative estimate of drug-likeness (QED) is 0.515. The summed E-state index contributed by atoms with van der Waals surface area (Å²) in [4.78, 5) is 8.55. The number of carbonyl (C=O) groups is 1. The summed E-state index contributed by atoms with van der Waals surface area (Å²) >= 11 is 0. The normalized spacial score (nSPS) is 8.76. The fourth-order valence-corrected chi connectivity index (χ4v) is 1.32. The van der Waals surface area contributed by atoms with Gasteiger partial charge in [0.2, 0.25) is 0 Å². The van der Waals surface area contributed by atoms with Crippen LogP contribution in [0.4, 0.5) is 4.79 Å². The monoisotopic (exact) mass is 310 g/mol. The van der Waals surface area contributed by atoms with Crippen LogP contribution in [0, 0.1) is 0 Å². The Morgan fingerprint density at radius 3 is 1.65 bits per heavy atom. The van der Waals surface area contributed by atoms with Crippen molar-refractivity contribution in [2.75, 3.05) is 6.26 Å². The van der Waals surface area contributed by atoms with Crippen molar-refractivity contribution >= 4 is 16.0 Å². The van der Waals surface area contributed by atoms with E-state index in [1.54, 1.807) is 0 Å². The number of hydrogen-bond donors (Lipinski definition) is 1. The molecule has 1 N–H and O–H groups in total. The van der Waals surface area contributed by atoms with E-state index < -0.39 is 16.0 Å². The molecular weight excluding hydrogens is 302 g/mol. The maximum Gasteiger partial charge on any atom is 1.00 e. The molecule has 0 radical (unpaired) electrons. The van der Waals surface area contributed by atoms with Gasteiger partial charge < -0.3 is 20.1 Å². The van der Waals surface area contributed by atoms with Crippen LogP contribution in [0.2, 0.25) is 0 Å². The van der Waals surface area contributed by atoms with Gasteiger partial charge in [-0.25, -0.2) is 8.42 Å². The summed E-state index contributed by atoms with van der Waals surface area (Å²) in [5.41, 5.74) is 0. The largest absolute Gasteiger partial charge is 1.00 e. The molecule has 1 rings (SSSR count). The van der Waals surface area contributed by atoms with E-state index >= 15 is 0 Å². The number of phenolic OH excluding ortho intramolecular Hbond substituents is 1. The predicted molar refractivity (Wildman–Crippen MR) is 46.6 cm³/mol. The van der Waals surface area contributed by atoms with Crippen LogP contribution < -0.4 is 113 Å². The van der Waals surface area contributed by atoms with Gasteiger partial charge in [0.1, 0.15) is 5.75 Å². The molecule has 6 nitrogen and oxygen atoms in total. The van der Waals surface area contributed by atoms with Crippen molar-refractivity contribution in [3.8, 4) is 5.75 Å². The van der Waals surface area contributed by atoms with Gasteiger partial charge in [0.15, 0.2) is 9.84 Å². The maximum atomic E-state index is 10.9. The second kappa shape index (κ2) is 11.3. The summed E-state index contributed by atoms with van der Waals surface area (Å²) in [5.74, 6) is 0.0670. The van der Waals surface area contributed by atoms with Crippen molar-refractivity contribution in [3.63, 3.8) is 0 Å². The van der Waals surface area contributed by atoms with Crippen molar-refractivity contribution in [3.05, 3.63) is 24.3 Å². The fraction of sp³-hybridized carbons (Fsp3) is 0.125. The van der Waals surface area contributed by atoms with Crippen LogP contribution in [-0.4, -0.2) is 25.9 Å². The van der Waals surface area contributed by atoms with Crippen LogP contribution in [-0.2, 0) is 9.84 Å². The van der Waals surface area contributed by atoms with Crippen LogP contribution in [0.1, 0.15) is 0 Å². The molecular formula is C8H8K2O6S. The summed E-state index contributed by atoms with van der Waals surface area (Å²) < 4.78 is 21.7. The molecule has 0 unspecified atom stereocenters. The third kappa shape index (κ3) is 13.7. The van der Waals surface area contributed by atoms with Gasteiger partial charge in [0.25, 0.3) is 0 Å². The Hall–Kier alpha value is 1.51. The van der Waals surface area contributed by atoms with Crippen molar-refractivity contribution in [2.45, 2.75) is 4.90 Å². The zero-order valence-electron chi connectivity index (χ0n) is 9.71. The molecule has 0 aromatic heterocycles. The minimum Gasteiger partial charge on any atom is -0.652 e. The molecule has 0 heterocycles. The third-order valence-corrected chi connectivity index (χ3v) is 2.39. The van der Waals surface area contributed by atoms with Gasteiger partial charge in [-0.15, -0.1) is 0 Å². The number of hydrogen-bond acceptors (Lipinski definition) is 6. The summed E-state index contributed by atoms with van der Waals surface area (Å²) in [6, 6.07) is 5.42. The van der Waals surface area contributed by atoms with Crippen molar-refractivity contribution in [2.24, 2.45) is 0 Å². The van der Waals surface area contributed by atoms with Crippen LogP contribution in [0.3, 0.4) is 0 Å². The number of phenols is 1. The van der Waals surface area contributed by atoms with E-state index in [2.05, 4.69) is 0 Å². The van der Waals surface area contributed by atoms with Gasteiger partial charge in [-0.1, -0.05) is 0 Å². The molecule has 1 aromatic rings. The molecule has 0 spiro atoms. The predicted octanol–water partition coefficient (Wildman–Crippen LogP) is -7.64. The van der Waals surface area contributed by atoms with E-state index in [4.69, 9.17) is 20.1 Å². The van der Waals surface area contributed by atoms with Gasteiger partial charge >= 0.3 is 103 Å². The number of aromatic hydroxyl groups is 1. The summed E-state index contributed by atoms with van der Waals surface area (Å²) in [6.45, 7) is 0. The van der Waals surface area contributed by atoms with Gasteiger partial charge in [0.05, 0.1) is 4.90 Å². The molecule has 84 valence electrons. The Balaban J connectivity index is -0.000000289. The second-order valence-corrected chi connectivity index (χ2v) is 4.53. The smallest absolute Gasteiger partial charge is 0.652 e. The number of benzene rings is 1. The molecule has 1 aromatic carbocycles. The molecule has 0 aliphatic carbocycles. The fourth-order valence-electron chi connectivity index (χ4n) is 0.693. The topological polar surface area (TPSA) is 118 Å². The number of carbonyl (C=O) groups excluding carboxylic acids is 1. The van der Waals surface area contributed by atoms with Crippen LogP contribution >= 0.6 is 0 Å². The van der Waals surface area contributed by atoms with E-state index in [-0.39, 0.29) is 113 Å². The van der Waals surface area contributed by atoms with Gasteiger partial charge in [0, 0.05) is 6.26 Å². The molecule has 9 heteroatoms. The Labute approximate surface area is 184 Å². The minimum absolute atomic E-state index is 0. The molecule has 17 heavy (non-hydrogen) atoms. The Morgan fingerprint density at radius 2 is 1.41 bits per heavy atom. The number of carboxylic acid groups (broad SMARTS) is 2. The minimum atomic E-state index is -3.13. The molecule has 0 saturated heterocycles. The molecule has 0 fully saturated rings. The zero-order valence-corrected chi connectivity index (χ0v) is 16.8. The van der Waals surface area contributed by atoms with Gasteiger partial charge in [-0.05, 0) is 30.4 Å². The average molecular weight is 310 g/mol. The Bertz CT molecular complexity index is 424. The Morgan fingerprint density at radius 1 is 1.12 bits per heavy atom. The van der Waals surface area contributed by atoms with Crippen LogP contribution in [0.5, 0.6) is 5.75 Å². The second-order valence-electron chi connectivity index (χ2n) is 2.52. The first-order valence-electron chi connectivity index (χ1n) is 3.60. The van der Waals surface area contributed by atoms with Crippen LogP contribution in [0.25, 0.3) is 0 Å². The zero-order chi connectivity index (χ0) is 12.1. The standard InChI is InChI=1S/C7H8O3S.CH2O3.2K/c1-11(9,10)7-4-2-6(8)3-5-7;2-1(3)4;;/h2-5,8H,1H3;(H2,2,3,4);;/q;;2*+1/p-2. The SMILES string of the molecule is CS(=O)(=O)c1ccc(O)cc1.O=C([O-])[O-].[K+].[K+]. The van der Waals surface area contributed by atoms with E-state index in [1.165, 1.54) is 24.3 Å². The van der Waals surface area contributed by atoms with Gasteiger partial charge in [-0.2, -0.15) is 0 Å². The third-order valence-electron chi connectivity index (χ3n) is 1.26. The van der Waals surface area contributed by atoms with Crippen molar-refractivity contribution in [1.82, 2.24) is 0 Å². The first-order valence-corrected chi connectivity index (χ1v) is 5.49. The maximum absolute atomic E-state index is 10.9. The van der Waals surface area contributed by atoms with Crippen molar-refractivity contribution in [1.29, 1.82) is 0 Å². The van der Waals surface area contributed by atoms with E-state index in [0.717, 1.165) is 6.26 Å². The summed E-state index contributed by atoms with van der Waals surface area (Å²) in [6.07, 6.45) is -1.21. The van der Waals surface area contributed by atoms with Crippen molar-refractivity contribution < 1.29 is 131 Å². The molecule has 0 aliphatic heterocycles. The van der Waals surface area contributed by atoms with E-state index in [1.807, 2.05) is 0 Å². The molecule has 0 saturated carbocycles. The molecule has 0 amide bonds. The molecule has 0 bridgehead atoms. The molecule has 0 aliphatic rings. The summed E-state index contributed by atoms with van der Waals surface area (Å²) in [5, 5.41) is 25.5. The molecule has 0 atom stereocenters.